The average Bonchev–Trinajstić information content (AvgIpc) is 2.76. The number of hydrogen-bond acceptors (Lipinski definition) is 6. The Morgan fingerprint density at radius 3 is 2.82 bits per heavy atom. The van der Waals surface area contributed by atoms with Crippen molar-refractivity contribution >= 4 is 11.5 Å². The summed E-state index contributed by atoms with van der Waals surface area (Å²) in [6.45, 7) is 1.32. The Morgan fingerprint density at radius 2 is 2.04 bits per heavy atom. The van der Waals surface area contributed by atoms with Crippen LogP contribution in [0.3, 0.4) is 0 Å². The largest absolute Gasteiger partial charge is 0.338 e. The number of anilines is 1. The zero-order valence-corrected chi connectivity index (χ0v) is 15.4. The Labute approximate surface area is 162 Å². The highest BCUT2D eigenvalue weighted by molar-refractivity contribution is 5.74. The summed E-state index contributed by atoms with van der Waals surface area (Å²) in [6, 6.07) is 13.0. The summed E-state index contributed by atoms with van der Waals surface area (Å²) in [5, 5.41) is 9.41. The van der Waals surface area contributed by atoms with Gasteiger partial charge in [0.05, 0.1) is 23.0 Å². The lowest BCUT2D eigenvalue weighted by atomic mass is 9.97. The van der Waals surface area contributed by atoms with Crippen LogP contribution in [0, 0.1) is 11.3 Å². The number of hydrogen-bond donors (Lipinski definition) is 0. The van der Waals surface area contributed by atoms with Gasteiger partial charge >= 0.3 is 0 Å². The third-order valence-corrected chi connectivity index (χ3v) is 4.78. The smallest absolute Gasteiger partial charge is 0.255 e. The van der Waals surface area contributed by atoms with Crippen molar-refractivity contribution in [2.75, 3.05) is 18.0 Å². The lowest BCUT2D eigenvalue weighted by Crippen LogP contribution is -2.35. The molecular weight excluding hydrogens is 352 g/mol. The van der Waals surface area contributed by atoms with Crippen LogP contribution in [0.1, 0.15) is 17.5 Å². The second-order valence-corrected chi connectivity index (χ2v) is 6.53. The number of benzene rings is 1. The summed E-state index contributed by atoms with van der Waals surface area (Å²) in [5.74, 6) is 0.584. The van der Waals surface area contributed by atoms with Crippen LogP contribution in [0.25, 0.3) is 17.0 Å². The molecule has 0 radical (unpaired) electrons. The summed E-state index contributed by atoms with van der Waals surface area (Å²) in [5.41, 5.74) is 3.61. The van der Waals surface area contributed by atoms with E-state index >= 15 is 0 Å². The Kier molecular flexibility index (Phi) is 4.68. The molecule has 0 spiro atoms. The molecule has 138 valence electrons. The Bertz CT molecular complexity index is 1140. The van der Waals surface area contributed by atoms with E-state index in [-0.39, 0.29) is 5.56 Å². The number of aromatic nitrogens is 4. The van der Waals surface area contributed by atoms with E-state index in [4.69, 9.17) is 4.98 Å². The van der Waals surface area contributed by atoms with Gasteiger partial charge in [-0.05, 0) is 29.7 Å². The van der Waals surface area contributed by atoms with Crippen LogP contribution in [0.4, 0.5) is 5.95 Å². The van der Waals surface area contributed by atoms with Crippen LogP contribution < -0.4 is 10.5 Å². The van der Waals surface area contributed by atoms with Crippen molar-refractivity contribution < 1.29 is 0 Å². The molecule has 1 aromatic carbocycles. The zero-order valence-electron chi connectivity index (χ0n) is 15.4. The molecule has 1 aliphatic rings. The molecule has 2 aromatic heterocycles. The number of rotatable bonds is 3. The van der Waals surface area contributed by atoms with Gasteiger partial charge in [-0.2, -0.15) is 5.26 Å². The van der Waals surface area contributed by atoms with Crippen molar-refractivity contribution in [2.24, 2.45) is 7.05 Å². The SMILES string of the molecule is Cn1c(N2CCC=C(c3ccccc3C#N)C2)nc(-c2ccncn2)cc1=O. The average molecular weight is 370 g/mol. The first-order valence-electron chi connectivity index (χ1n) is 8.95. The number of nitrogens with zero attached hydrogens (tertiary/aromatic N) is 6. The molecule has 3 aromatic rings. The van der Waals surface area contributed by atoms with E-state index in [9.17, 15) is 10.1 Å². The topological polar surface area (TPSA) is 87.7 Å². The van der Waals surface area contributed by atoms with Gasteiger partial charge in [0.1, 0.15) is 6.33 Å². The first-order valence-corrected chi connectivity index (χ1v) is 8.95. The van der Waals surface area contributed by atoms with Gasteiger partial charge in [0.25, 0.3) is 5.56 Å². The van der Waals surface area contributed by atoms with Crippen molar-refractivity contribution in [1.29, 1.82) is 5.26 Å². The molecular formula is C21H18N6O. The van der Waals surface area contributed by atoms with E-state index in [0.717, 1.165) is 24.1 Å². The molecule has 0 amide bonds. The lowest BCUT2D eigenvalue weighted by Gasteiger charge is -2.30. The monoisotopic (exact) mass is 370 g/mol. The third kappa shape index (κ3) is 3.28. The highest BCUT2D eigenvalue weighted by atomic mass is 16.1. The molecule has 0 saturated carbocycles. The fourth-order valence-electron chi connectivity index (χ4n) is 3.35. The molecule has 7 nitrogen and oxygen atoms in total. The third-order valence-electron chi connectivity index (χ3n) is 4.78. The minimum atomic E-state index is -0.146. The Morgan fingerprint density at radius 1 is 1.18 bits per heavy atom. The zero-order chi connectivity index (χ0) is 19.5. The van der Waals surface area contributed by atoms with Gasteiger partial charge in [-0.15, -0.1) is 0 Å². The van der Waals surface area contributed by atoms with Gasteiger partial charge in [-0.3, -0.25) is 9.36 Å². The van der Waals surface area contributed by atoms with Gasteiger partial charge in [0.15, 0.2) is 0 Å². The molecule has 4 rings (SSSR count). The minimum absolute atomic E-state index is 0.146. The standard InChI is InChI=1S/C21H18N6O/c1-26-20(28)11-19(18-8-9-23-14-24-18)25-21(26)27-10-4-6-16(13-27)17-7-3-2-5-15(17)12-22/h2-3,5-9,11,14H,4,10,13H2,1H3. The van der Waals surface area contributed by atoms with Gasteiger partial charge in [0.2, 0.25) is 5.95 Å². The first-order chi connectivity index (χ1) is 13.7. The van der Waals surface area contributed by atoms with Crippen molar-refractivity contribution in [1.82, 2.24) is 19.5 Å². The van der Waals surface area contributed by atoms with Gasteiger partial charge in [0, 0.05) is 32.4 Å². The van der Waals surface area contributed by atoms with E-state index < -0.39 is 0 Å². The minimum Gasteiger partial charge on any atom is -0.338 e. The summed E-state index contributed by atoms with van der Waals surface area (Å²) >= 11 is 0. The molecule has 0 bridgehead atoms. The summed E-state index contributed by atoms with van der Waals surface area (Å²) < 4.78 is 1.55. The molecule has 0 fully saturated rings. The maximum Gasteiger partial charge on any atom is 0.255 e. The summed E-state index contributed by atoms with van der Waals surface area (Å²) in [4.78, 5) is 27.4. The van der Waals surface area contributed by atoms with E-state index in [0.29, 0.717) is 29.4 Å². The van der Waals surface area contributed by atoms with Crippen LogP contribution in [-0.4, -0.2) is 32.6 Å². The van der Waals surface area contributed by atoms with Crippen LogP contribution in [0.15, 0.2) is 59.8 Å². The fraction of sp³-hybridized carbons (Fsp3) is 0.190. The lowest BCUT2D eigenvalue weighted by molar-refractivity contribution is 0.726. The van der Waals surface area contributed by atoms with Gasteiger partial charge in [-0.1, -0.05) is 24.3 Å². The Balaban J connectivity index is 1.72. The van der Waals surface area contributed by atoms with E-state index in [1.165, 1.54) is 12.4 Å². The predicted octanol–water partition coefficient (Wildman–Crippen LogP) is 2.40. The molecule has 3 heterocycles. The second kappa shape index (κ2) is 7.45. The van der Waals surface area contributed by atoms with Crippen LogP contribution in [0.5, 0.6) is 0 Å². The van der Waals surface area contributed by atoms with E-state index in [1.54, 1.807) is 23.9 Å². The molecule has 0 unspecified atom stereocenters. The molecule has 28 heavy (non-hydrogen) atoms. The van der Waals surface area contributed by atoms with Crippen LogP contribution >= 0.6 is 0 Å². The highest BCUT2D eigenvalue weighted by Gasteiger charge is 2.20. The molecule has 7 heteroatoms. The molecule has 0 atom stereocenters. The molecule has 0 aliphatic carbocycles. The maximum atomic E-state index is 12.5. The quantitative estimate of drug-likeness (QED) is 0.703. The molecule has 0 N–H and O–H groups in total. The van der Waals surface area contributed by atoms with Crippen molar-refractivity contribution in [3.8, 4) is 17.5 Å². The predicted molar refractivity (Wildman–Crippen MR) is 106 cm³/mol. The number of nitriles is 1. The van der Waals surface area contributed by atoms with Crippen molar-refractivity contribution in [3.63, 3.8) is 0 Å². The normalized spacial score (nSPS) is 13.7. The van der Waals surface area contributed by atoms with Crippen molar-refractivity contribution in [3.05, 3.63) is 76.5 Å². The fourth-order valence-corrected chi connectivity index (χ4v) is 3.35. The van der Waals surface area contributed by atoms with Crippen LogP contribution in [0.2, 0.25) is 0 Å². The Hall–Kier alpha value is -3.79. The maximum absolute atomic E-state index is 12.5. The molecule has 0 saturated heterocycles. The van der Waals surface area contributed by atoms with Gasteiger partial charge < -0.3 is 4.90 Å². The van der Waals surface area contributed by atoms with Crippen molar-refractivity contribution in [2.45, 2.75) is 6.42 Å². The first kappa shape index (κ1) is 17.6. The molecule has 1 aliphatic heterocycles. The van der Waals surface area contributed by atoms with Crippen LogP contribution in [-0.2, 0) is 7.05 Å². The van der Waals surface area contributed by atoms with Gasteiger partial charge in [-0.25, -0.2) is 15.0 Å². The highest BCUT2D eigenvalue weighted by Crippen LogP contribution is 2.26. The summed E-state index contributed by atoms with van der Waals surface area (Å²) in [7, 11) is 1.72. The van der Waals surface area contributed by atoms with E-state index in [2.05, 4.69) is 27.0 Å². The summed E-state index contributed by atoms with van der Waals surface area (Å²) in [6.07, 6.45) is 6.03. The second-order valence-electron chi connectivity index (χ2n) is 6.53. The van der Waals surface area contributed by atoms with E-state index in [1.807, 2.05) is 24.3 Å².